The highest BCUT2D eigenvalue weighted by Gasteiger charge is 2.23. The molecule has 3 rings (SSSR count). The van der Waals surface area contributed by atoms with Crippen molar-refractivity contribution in [2.45, 2.75) is 25.9 Å². The quantitative estimate of drug-likeness (QED) is 0.533. The van der Waals surface area contributed by atoms with E-state index in [0.29, 0.717) is 12.6 Å². The Balaban J connectivity index is 1.52. The lowest BCUT2D eigenvalue weighted by atomic mass is 10.2. The molecule has 3 N–H and O–H groups in total. The molecule has 1 saturated heterocycles. The second kappa shape index (κ2) is 9.46. The van der Waals surface area contributed by atoms with Gasteiger partial charge in [0.15, 0.2) is 5.96 Å². The van der Waals surface area contributed by atoms with Gasteiger partial charge in [0, 0.05) is 56.0 Å². The predicted molar refractivity (Wildman–Crippen MR) is 116 cm³/mol. The molecular weight excluding hydrogens is 374 g/mol. The molecule has 2 aromatic carbocycles. The Hall–Kier alpha value is -2.73. The summed E-state index contributed by atoms with van der Waals surface area (Å²) in [6.07, 6.45) is 1.03. The second-order valence-electron chi connectivity index (χ2n) is 6.86. The Morgan fingerprint density at radius 2 is 2.07 bits per heavy atom. The Morgan fingerprint density at radius 3 is 2.82 bits per heavy atom. The normalized spacial score (nSPS) is 16.8. The van der Waals surface area contributed by atoms with E-state index in [-0.39, 0.29) is 5.91 Å². The van der Waals surface area contributed by atoms with Crippen LogP contribution in [0.3, 0.4) is 0 Å². The lowest BCUT2D eigenvalue weighted by molar-refractivity contribution is -0.114. The highest BCUT2D eigenvalue weighted by atomic mass is 35.5. The Labute approximate surface area is 171 Å². The molecule has 6 nitrogen and oxygen atoms in total. The van der Waals surface area contributed by atoms with Gasteiger partial charge in [0.05, 0.1) is 0 Å². The molecule has 1 aliphatic rings. The van der Waals surface area contributed by atoms with Crippen molar-refractivity contribution in [2.24, 2.45) is 4.99 Å². The number of rotatable bonds is 5. The maximum Gasteiger partial charge on any atom is 0.221 e. The predicted octanol–water partition coefficient (Wildman–Crippen LogP) is 3.24. The number of nitrogens with one attached hydrogen (secondary N) is 3. The van der Waals surface area contributed by atoms with E-state index in [1.807, 2.05) is 42.5 Å². The smallest absolute Gasteiger partial charge is 0.221 e. The van der Waals surface area contributed by atoms with Gasteiger partial charge in [-0.25, -0.2) is 0 Å². The van der Waals surface area contributed by atoms with Crippen molar-refractivity contribution >= 4 is 34.8 Å². The fourth-order valence-electron chi connectivity index (χ4n) is 3.32. The standard InChI is InChI=1S/C21H26ClN5O/c1-15(28)25-18-7-3-5-16(11-18)13-24-21(23-2)26-19-9-10-27(14-19)20-8-4-6-17(22)12-20/h3-8,11-12,19H,9-10,13-14H2,1-2H3,(H,25,28)(H2,23,24,26). The van der Waals surface area contributed by atoms with Crippen LogP contribution in [0, 0.1) is 0 Å². The number of carbonyl (C=O) groups is 1. The fourth-order valence-corrected chi connectivity index (χ4v) is 3.51. The summed E-state index contributed by atoms with van der Waals surface area (Å²) in [5.41, 5.74) is 3.01. The van der Waals surface area contributed by atoms with Crippen LogP contribution in [-0.4, -0.2) is 38.0 Å². The van der Waals surface area contributed by atoms with Gasteiger partial charge in [0.2, 0.25) is 5.91 Å². The van der Waals surface area contributed by atoms with Crippen LogP contribution in [0.15, 0.2) is 53.5 Å². The van der Waals surface area contributed by atoms with Crippen LogP contribution < -0.4 is 20.9 Å². The lowest BCUT2D eigenvalue weighted by Crippen LogP contribution is -2.44. The third-order valence-corrected chi connectivity index (χ3v) is 4.87. The van der Waals surface area contributed by atoms with Crippen molar-refractivity contribution in [2.75, 3.05) is 30.4 Å². The summed E-state index contributed by atoms with van der Waals surface area (Å²) in [4.78, 5) is 17.9. The number of hydrogen-bond donors (Lipinski definition) is 3. The molecule has 1 aliphatic heterocycles. The molecule has 0 saturated carbocycles. The third-order valence-electron chi connectivity index (χ3n) is 4.63. The van der Waals surface area contributed by atoms with Crippen molar-refractivity contribution < 1.29 is 4.79 Å². The molecule has 0 aliphatic carbocycles. The van der Waals surface area contributed by atoms with Crippen molar-refractivity contribution in [1.29, 1.82) is 0 Å². The zero-order valence-corrected chi connectivity index (χ0v) is 17.0. The Kier molecular flexibility index (Phi) is 6.76. The molecular formula is C21H26ClN5O. The molecule has 0 spiro atoms. The molecule has 1 fully saturated rings. The van der Waals surface area contributed by atoms with Gasteiger partial charge in [-0.2, -0.15) is 0 Å². The summed E-state index contributed by atoms with van der Waals surface area (Å²) in [6.45, 7) is 4.01. The minimum absolute atomic E-state index is 0.0759. The average Bonchev–Trinajstić information content (AvgIpc) is 3.13. The van der Waals surface area contributed by atoms with Crippen LogP contribution in [0.4, 0.5) is 11.4 Å². The summed E-state index contributed by atoms with van der Waals surface area (Å²) in [5, 5.41) is 10.4. The number of hydrogen-bond acceptors (Lipinski definition) is 3. The van der Waals surface area contributed by atoms with Crippen LogP contribution in [0.25, 0.3) is 0 Å². The first-order valence-electron chi connectivity index (χ1n) is 9.38. The van der Waals surface area contributed by atoms with Crippen molar-refractivity contribution in [3.05, 3.63) is 59.1 Å². The van der Waals surface area contributed by atoms with Crippen LogP contribution in [0.5, 0.6) is 0 Å². The zero-order chi connectivity index (χ0) is 19.9. The summed E-state index contributed by atoms with van der Waals surface area (Å²) >= 11 is 6.11. The van der Waals surface area contributed by atoms with E-state index < -0.39 is 0 Å². The van der Waals surface area contributed by atoms with Crippen molar-refractivity contribution in [3.8, 4) is 0 Å². The lowest BCUT2D eigenvalue weighted by Gasteiger charge is -2.20. The van der Waals surface area contributed by atoms with Gasteiger partial charge in [0.25, 0.3) is 0 Å². The van der Waals surface area contributed by atoms with Crippen molar-refractivity contribution in [1.82, 2.24) is 10.6 Å². The first-order valence-corrected chi connectivity index (χ1v) is 9.75. The van der Waals surface area contributed by atoms with Crippen LogP contribution in [-0.2, 0) is 11.3 Å². The van der Waals surface area contributed by atoms with E-state index in [1.54, 1.807) is 7.05 Å². The number of halogens is 1. The van der Waals surface area contributed by atoms with E-state index in [1.165, 1.54) is 6.92 Å². The molecule has 1 unspecified atom stereocenters. The van der Waals surface area contributed by atoms with Gasteiger partial charge in [-0.3, -0.25) is 9.79 Å². The van der Waals surface area contributed by atoms with E-state index in [9.17, 15) is 4.79 Å². The Bertz CT molecular complexity index is 854. The van der Waals surface area contributed by atoms with Gasteiger partial charge in [0.1, 0.15) is 0 Å². The molecule has 0 bridgehead atoms. The molecule has 7 heteroatoms. The molecule has 148 valence electrons. The van der Waals surface area contributed by atoms with Gasteiger partial charge >= 0.3 is 0 Å². The maximum atomic E-state index is 11.2. The molecule has 1 atom stereocenters. The number of amides is 1. The average molecular weight is 400 g/mol. The number of anilines is 2. The number of benzene rings is 2. The van der Waals surface area contributed by atoms with Crippen molar-refractivity contribution in [3.63, 3.8) is 0 Å². The minimum atomic E-state index is -0.0759. The number of guanidine groups is 1. The number of aliphatic imine (C=N–C) groups is 1. The number of carbonyl (C=O) groups excluding carboxylic acids is 1. The molecule has 1 amide bonds. The largest absolute Gasteiger partial charge is 0.369 e. The summed E-state index contributed by atoms with van der Waals surface area (Å²) in [5.74, 6) is 0.691. The SMILES string of the molecule is CN=C(NCc1cccc(NC(C)=O)c1)NC1CCN(c2cccc(Cl)c2)C1. The monoisotopic (exact) mass is 399 g/mol. The topological polar surface area (TPSA) is 68.8 Å². The summed E-state index contributed by atoms with van der Waals surface area (Å²) in [6, 6.07) is 16.1. The summed E-state index contributed by atoms with van der Waals surface area (Å²) < 4.78 is 0. The maximum absolute atomic E-state index is 11.2. The molecule has 0 aromatic heterocycles. The van der Waals surface area contributed by atoms with E-state index in [0.717, 1.165) is 47.4 Å². The Morgan fingerprint density at radius 1 is 1.25 bits per heavy atom. The summed E-state index contributed by atoms with van der Waals surface area (Å²) in [7, 11) is 1.77. The first-order chi connectivity index (χ1) is 13.5. The molecule has 2 aromatic rings. The van der Waals surface area contributed by atoms with E-state index >= 15 is 0 Å². The molecule has 28 heavy (non-hydrogen) atoms. The molecule has 0 radical (unpaired) electrons. The van der Waals surface area contributed by atoms with Crippen LogP contribution in [0.1, 0.15) is 18.9 Å². The van der Waals surface area contributed by atoms with Gasteiger partial charge in [-0.1, -0.05) is 29.8 Å². The minimum Gasteiger partial charge on any atom is -0.369 e. The van der Waals surface area contributed by atoms with E-state index in [2.05, 4.69) is 31.9 Å². The highest BCUT2D eigenvalue weighted by Crippen LogP contribution is 2.23. The molecule has 1 heterocycles. The van der Waals surface area contributed by atoms with Gasteiger partial charge < -0.3 is 20.9 Å². The van der Waals surface area contributed by atoms with Gasteiger partial charge in [-0.05, 0) is 42.3 Å². The van der Waals surface area contributed by atoms with Crippen LogP contribution >= 0.6 is 11.6 Å². The van der Waals surface area contributed by atoms with E-state index in [4.69, 9.17) is 11.6 Å². The first kappa shape index (κ1) is 20.0. The fraction of sp³-hybridized carbons (Fsp3) is 0.333. The third kappa shape index (κ3) is 5.63. The zero-order valence-electron chi connectivity index (χ0n) is 16.2. The van der Waals surface area contributed by atoms with Crippen LogP contribution in [0.2, 0.25) is 5.02 Å². The second-order valence-corrected chi connectivity index (χ2v) is 7.30. The number of nitrogens with zero attached hydrogens (tertiary/aromatic N) is 2. The van der Waals surface area contributed by atoms with Gasteiger partial charge in [-0.15, -0.1) is 0 Å². The highest BCUT2D eigenvalue weighted by molar-refractivity contribution is 6.30.